The van der Waals surface area contributed by atoms with Gasteiger partial charge in [0.1, 0.15) is 18.0 Å². The molecule has 78 valence electrons. The number of imidazole rings is 1. The van der Waals surface area contributed by atoms with Gasteiger partial charge >= 0.3 is 0 Å². The fourth-order valence-corrected chi connectivity index (χ4v) is 1.20. The molecule has 2 heterocycles. The molecule has 0 aliphatic rings. The molecule has 0 bridgehead atoms. The average Bonchev–Trinajstić information content (AvgIpc) is 2.71. The molecule has 0 aromatic carbocycles. The highest BCUT2D eigenvalue weighted by atomic mass is 15.1. The number of hydrogen-bond acceptors (Lipinski definition) is 5. The van der Waals surface area contributed by atoms with Gasteiger partial charge < -0.3 is 15.6 Å². The van der Waals surface area contributed by atoms with Crippen LogP contribution >= 0.6 is 0 Å². The minimum absolute atomic E-state index is 0.468. The molecule has 0 atom stereocenters. The Morgan fingerprint density at radius 2 is 2.33 bits per heavy atom. The third-order valence-electron chi connectivity index (χ3n) is 1.92. The van der Waals surface area contributed by atoms with Crippen molar-refractivity contribution in [3.8, 4) is 0 Å². The third kappa shape index (κ3) is 2.67. The zero-order valence-corrected chi connectivity index (χ0v) is 8.17. The van der Waals surface area contributed by atoms with Crippen molar-refractivity contribution in [2.45, 2.75) is 6.54 Å². The predicted molar refractivity (Wildman–Crippen MR) is 57.2 cm³/mol. The number of aromatic nitrogens is 4. The molecule has 0 unspecified atom stereocenters. The monoisotopic (exact) mass is 204 g/mol. The topological polar surface area (TPSA) is 81.6 Å². The van der Waals surface area contributed by atoms with Crippen LogP contribution in [0, 0.1) is 0 Å². The molecule has 2 aromatic heterocycles. The van der Waals surface area contributed by atoms with E-state index in [1.54, 1.807) is 18.6 Å². The van der Waals surface area contributed by atoms with Crippen molar-refractivity contribution in [3.63, 3.8) is 0 Å². The highest BCUT2D eigenvalue weighted by Gasteiger charge is 1.94. The van der Waals surface area contributed by atoms with Gasteiger partial charge in [-0.3, -0.25) is 0 Å². The van der Waals surface area contributed by atoms with E-state index in [0.29, 0.717) is 5.82 Å². The maximum Gasteiger partial charge on any atom is 0.131 e. The second-order valence-corrected chi connectivity index (χ2v) is 3.06. The summed E-state index contributed by atoms with van der Waals surface area (Å²) in [5, 5.41) is 3.14. The number of anilines is 2. The van der Waals surface area contributed by atoms with Crippen molar-refractivity contribution in [1.29, 1.82) is 0 Å². The van der Waals surface area contributed by atoms with E-state index in [1.165, 1.54) is 6.33 Å². The van der Waals surface area contributed by atoms with Gasteiger partial charge in [0.25, 0.3) is 0 Å². The first kappa shape index (κ1) is 9.45. The normalized spacial score (nSPS) is 10.1. The Morgan fingerprint density at radius 3 is 3.07 bits per heavy atom. The summed E-state index contributed by atoms with van der Waals surface area (Å²) in [6, 6.07) is 1.70. The third-order valence-corrected chi connectivity index (χ3v) is 1.92. The minimum atomic E-state index is 0.468. The molecule has 0 spiro atoms. The highest BCUT2D eigenvalue weighted by molar-refractivity contribution is 5.42. The predicted octanol–water partition coefficient (Wildman–Crippen LogP) is 0.367. The van der Waals surface area contributed by atoms with Crippen molar-refractivity contribution < 1.29 is 0 Å². The van der Waals surface area contributed by atoms with Crippen LogP contribution in [0.15, 0.2) is 31.1 Å². The fraction of sp³-hybridized carbons (Fsp3) is 0.222. The van der Waals surface area contributed by atoms with Gasteiger partial charge in [0.15, 0.2) is 0 Å². The Morgan fingerprint density at radius 1 is 1.40 bits per heavy atom. The molecule has 0 aliphatic heterocycles. The van der Waals surface area contributed by atoms with Crippen molar-refractivity contribution in [2.75, 3.05) is 17.6 Å². The Labute approximate surface area is 87.2 Å². The Balaban J connectivity index is 1.83. The molecule has 2 aromatic rings. The van der Waals surface area contributed by atoms with E-state index in [4.69, 9.17) is 5.73 Å². The first-order valence-electron chi connectivity index (χ1n) is 4.62. The van der Waals surface area contributed by atoms with Crippen LogP contribution in [0.1, 0.15) is 0 Å². The van der Waals surface area contributed by atoms with E-state index >= 15 is 0 Å². The number of nitrogens with two attached hydrogens (primary N) is 1. The molecule has 6 nitrogen and oxygen atoms in total. The number of nitrogen functional groups attached to an aromatic ring is 1. The van der Waals surface area contributed by atoms with Crippen LogP contribution in [-0.4, -0.2) is 26.1 Å². The van der Waals surface area contributed by atoms with Crippen LogP contribution in [0.4, 0.5) is 11.6 Å². The van der Waals surface area contributed by atoms with Crippen molar-refractivity contribution in [3.05, 3.63) is 31.1 Å². The highest BCUT2D eigenvalue weighted by Crippen LogP contribution is 2.03. The smallest absolute Gasteiger partial charge is 0.131 e. The molecule has 3 N–H and O–H groups in total. The minimum Gasteiger partial charge on any atom is -0.384 e. The maximum absolute atomic E-state index is 5.52. The van der Waals surface area contributed by atoms with E-state index in [1.807, 2.05) is 10.8 Å². The lowest BCUT2D eigenvalue weighted by atomic mass is 10.5. The summed E-state index contributed by atoms with van der Waals surface area (Å²) in [4.78, 5) is 11.8. The Bertz CT molecular complexity index is 410. The van der Waals surface area contributed by atoms with Crippen LogP contribution in [0.2, 0.25) is 0 Å². The van der Waals surface area contributed by atoms with Gasteiger partial charge in [0.05, 0.1) is 6.33 Å². The van der Waals surface area contributed by atoms with E-state index in [-0.39, 0.29) is 0 Å². The van der Waals surface area contributed by atoms with Crippen LogP contribution < -0.4 is 11.1 Å². The first-order valence-corrected chi connectivity index (χ1v) is 4.62. The molecule has 0 saturated heterocycles. The van der Waals surface area contributed by atoms with Crippen molar-refractivity contribution >= 4 is 11.6 Å². The Kier molecular flexibility index (Phi) is 2.77. The molecule has 6 heteroatoms. The largest absolute Gasteiger partial charge is 0.384 e. The summed E-state index contributed by atoms with van der Waals surface area (Å²) in [5.41, 5.74) is 5.52. The Hall–Kier alpha value is -2.11. The van der Waals surface area contributed by atoms with Crippen LogP contribution in [0.5, 0.6) is 0 Å². The van der Waals surface area contributed by atoms with Gasteiger partial charge in [-0.2, -0.15) is 0 Å². The standard InChI is InChI=1S/C9H12N6/c10-8-5-9(14-6-13-8)12-2-4-15-3-1-11-7-15/h1,3,5-7H,2,4H2,(H3,10,12,13,14). The molecule has 0 fully saturated rings. The molecule has 2 rings (SSSR count). The van der Waals surface area contributed by atoms with Gasteiger partial charge in [0, 0.05) is 31.5 Å². The summed E-state index contributed by atoms with van der Waals surface area (Å²) in [7, 11) is 0. The van der Waals surface area contributed by atoms with E-state index in [0.717, 1.165) is 18.9 Å². The van der Waals surface area contributed by atoms with Crippen molar-refractivity contribution in [2.24, 2.45) is 0 Å². The quantitative estimate of drug-likeness (QED) is 0.751. The molecule has 0 aliphatic carbocycles. The number of nitrogens with one attached hydrogen (secondary N) is 1. The van der Waals surface area contributed by atoms with E-state index < -0.39 is 0 Å². The van der Waals surface area contributed by atoms with Gasteiger partial charge in [-0.15, -0.1) is 0 Å². The fourth-order valence-electron chi connectivity index (χ4n) is 1.20. The van der Waals surface area contributed by atoms with E-state index in [2.05, 4.69) is 20.3 Å². The zero-order chi connectivity index (χ0) is 10.5. The molecule has 0 amide bonds. The summed E-state index contributed by atoms with van der Waals surface area (Å²) in [5.74, 6) is 1.21. The zero-order valence-electron chi connectivity index (χ0n) is 8.17. The molecular weight excluding hydrogens is 192 g/mol. The van der Waals surface area contributed by atoms with Gasteiger partial charge in [-0.1, -0.05) is 0 Å². The van der Waals surface area contributed by atoms with Crippen molar-refractivity contribution in [1.82, 2.24) is 19.5 Å². The van der Waals surface area contributed by atoms with Gasteiger partial charge in [-0.05, 0) is 0 Å². The maximum atomic E-state index is 5.52. The number of hydrogen-bond donors (Lipinski definition) is 2. The summed E-state index contributed by atoms with van der Waals surface area (Å²) >= 11 is 0. The molecule has 15 heavy (non-hydrogen) atoms. The summed E-state index contributed by atoms with van der Waals surface area (Å²) < 4.78 is 1.98. The first-order chi connectivity index (χ1) is 7.34. The van der Waals surface area contributed by atoms with Crippen LogP contribution in [-0.2, 0) is 6.54 Å². The van der Waals surface area contributed by atoms with Gasteiger partial charge in [-0.25, -0.2) is 15.0 Å². The summed E-state index contributed by atoms with van der Waals surface area (Å²) in [6.07, 6.45) is 6.88. The number of nitrogens with zero attached hydrogens (tertiary/aromatic N) is 4. The number of rotatable bonds is 4. The lowest BCUT2D eigenvalue weighted by molar-refractivity contribution is 0.725. The van der Waals surface area contributed by atoms with E-state index in [9.17, 15) is 0 Å². The SMILES string of the molecule is Nc1cc(NCCn2ccnc2)ncn1. The average molecular weight is 204 g/mol. The molecule has 0 radical (unpaired) electrons. The van der Waals surface area contributed by atoms with Gasteiger partial charge in [0.2, 0.25) is 0 Å². The van der Waals surface area contributed by atoms with Crippen LogP contribution in [0.25, 0.3) is 0 Å². The summed E-state index contributed by atoms with van der Waals surface area (Å²) in [6.45, 7) is 1.61. The lowest BCUT2D eigenvalue weighted by Gasteiger charge is -2.05. The molecular formula is C9H12N6. The lowest BCUT2D eigenvalue weighted by Crippen LogP contribution is -2.10. The second-order valence-electron chi connectivity index (χ2n) is 3.06. The molecule has 0 saturated carbocycles. The second kappa shape index (κ2) is 4.41. The van der Waals surface area contributed by atoms with Crippen LogP contribution in [0.3, 0.4) is 0 Å².